The number of nitrogens with zero attached hydrogens (tertiary/aromatic N) is 7. The summed E-state index contributed by atoms with van der Waals surface area (Å²) in [6, 6.07) is 8.15. The predicted octanol–water partition coefficient (Wildman–Crippen LogP) is 4.92. The number of imide groups is 1. The Morgan fingerprint density at radius 2 is 1.67 bits per heavy atom. The van der Waals surface area contributed by atoms with E-state index >= 15 is 4.39 Å². The van der Waals surface area contributed by atoms with Crippen LogP contribution in [0, 0.1) is 24.6 Å². The maximum absolute atomic E-state index is 15.5. The number of carbonyl (C=O) groups is 8. The van der Waals surface area contributed by atoms with Gasteiger partial charge in [0.25, 0.3) is 17.4 Å². The smallest absolute Gasteiger partial charge is 0.411 e. The molecule has 28 heteroatoms. The first kappa shape index (κ1) is 70.5. The molecule has 3 aliphatic heterocycles. The summed E-state index contributed by atoms with van der Waals surface area (Å²) in [7, 11) is -3.58. The molecule has 2 aromatic carbocycles. The van der Waals surface area contributed by atoms with E-state index in [-0.39, 0.29) is 130 Å². The van der Waals surface area contributed by atoms with Gasteiger partial charge in [-0.15, -0.1) is 5.10 Å². The Morgan fingerprint density at radius 1 is 0.937 bits per heavy atom. The van der Waals surface area contributed by atoms with Gasteiger partial charge >= 0.3 is 6.09 Å². The summed E-state index contributed by atoms with van der Waals surface area (Å²) in [5.41, 5.74) is 3.98. The second-order valence-electron chi connectivity index (χ2n) is 24.9. The van der Waals surface area contributed by atoms with Crippen molar-refractivity contribution >= 4 is 67.9 Å². The Hall–Kier alpha value is -8.86. The van der Waals surface area contributed by atoms with Gasteiger partial charge in [0.15, 0.2) is 5.78 Å². The molecule has 0 spiro atoms. The van der Waals surface area contributed by atoms with Crippen molar-refractivity contribution in [1.29, 1.82) is 0 Å². The number of benzene rings is 2. The minimum atomic E-state index is -3.58. The van der Waals surface area contributed by atoms with Gasteiger partial charge in [0.05, 0.1) is 79.3 Å². The molecule has 0 unspecified atom stereocenters. The number of unbranched alkanes of at least 4 members (excludes halogenated alkanes) is 2. The number of ether oxygens (including phenoxy) is 4. The molecule has 1 aliphatic carbocycles. The van der Waals surface area contributed by atoms with E-state index in [0.29, 0.717) is 107 Å². The van der Waals surface area contributed by atoms with E-state index in [1.807, 2.05) is 13.8 Å². The number of aryl methyl sites for hydroxylation is 1. The zero-order valence-electron chi connectivity index (χ0n) is 54.3. The highest BCUT2D eigenvalue weighted by molar-refractivity contribution is 7.90. The van der Waals surface area contributed by atoms with Gasteiger partial charge in [-0.05, 0) is 85.8 Å². The minimum absolute atomic E-state index is 0.0465. The summed E-state index contributed by atoms with van der Waals surface area (Å²) in [6.45, 7) is 12.1. The van der Waals surface area contributed by atoms with Crippen LogP contribution in [0.15, 0.2) is 71.9 Å². The number of fused-ring (bicyclic) bond motifs is 5. The Balaban J connectivity index is 0.699. The highest BCUT2D eigenvalue weighted by Crippen LogP contribution is 2.47. The van der Waals surface area contributed by atoms with Gasteiger partial charge in [-0.3, -0.25) is 48.2 Å². The van der Waals surface area contributed by atoms with Crippen molar-refractivity contribution in [2.45, 2.75) is 149 Å². The maximum Gasteiger partial charge on any atom is 0.411 e. The summed E-state index contributed by atoms with van der Waals surface area (Å²) in [5, 5.41) is 29.1. The van der Waals surface area contributed by atoms with E-state index in [0.717, 1.165) is 16.7 Å². The lowest BCUT2D eigenvalue weighted by Crippen LogP contribution is -2.44. The van der Waals surface area contributed by atoms with Crippen molar-refractivity contribution < 1.29 is 75.2 Å². The molecule has 9 rings (SSSR count). The van der Waals surface area contributed by atoms with Crippen LogP contribution < -0.4 is 21.5 Å². The van der Waals surface area contributed by atoms with Crippen molar-refractivity contribution in [3.63, 3.8) is 0 Å². The summed E-state index contributed by atoms with van der Waals surface area (Å²) in [5.74, 6) is -3.99. The highest BCUT2D eigenvalue weighted by atomic mass is 32.2. The molecule has 95 heavy (non-hydrogen) atoms. The molecule has 4 atom stereocenters. The second-order valence-corrected chi connectivity index (χ2v) is 27.2. The van der Waals surface area contributed by atoms with Gasteiger partial charge in [-0.2, -0.15) is 0 Å². The van der Waals surface area contributed by atoms with Crippen LogP contribution in [0.5, 0.6) is 0 Å². The monoisotopic (exact) mass is 1330 g/mol. The molecule has 6 amide bonds. The molecule has 4 N–H and O–H groups in total. The fraction of sp³-hybridized carbons (Fsp3) is 0.493. The van der Waals surface area contributed by atoms with E-state index in [1.165, 1.54) is 23.1 Å². The Labute approximate surface area is 548 Å². The molecule has 0 fully saturated rings. The number of aliphatic hydroxyl groups is 1. The summed E-state index contributed by atoms with van der Waals surface area (Å²) < 4.78 is 65.8. The van der Waals surface area contributed by atoms with Crippen LogP contribution >= 0.6 is 0 Å². The number of aromatic nitrogens is 5. The van der Waals surface area contributed by atoms with Crippen molar-refractivity contribution in [3.05, 3.63) is 133 Å². The van der Waals surface area contributed by atoms with Gasteiger partial charge in [0.2, 0.25) is 17.7 Å². The van der Waals surface area contributed by atoms with Crippen LogP contribution in [0.4, 0.5) is 9.18 Å². The Bertz CT molecular complexity index is 4020. The van der Waals surface area contributed by atoms with Crippen LogP contribution in [-0.2, 0) is 114 Å². The number of pyridine rings is 2. The number of sulfone groups is 1. The third-order valence-electron chi connectivity index (χ3n) is 17.8. The lowest BCUT2D eigenvalue weighted by molar-refractivity contribution is -0.137. The van der Waals surface area contributed by atoms with Crippen LogP contribution in [0.3, 0.4) is 0 Å². The van der Waals surface area contributed by atoms with E-state index in [1.54, 1.807) is 66.5 Å². The molecular formula is C67H81FN10O16S. The number of ketones is 2. The first-order valence-corrected chi connectivity index (χ1v) is 33.9. The molecule has 0 saturated heterocycles. The van der Waals surface area contributed by atoms with Crippen molar-refractivity contribution in [2.75, 3.05) is 51.6 Å². The van der Waals surface area contributed by atoms with Crippen molar-refractivity contribution in [2.24, 2.45) is 11.8 Å². The molecule has 4 aliphatic rings. The second kappa shape index (κ2) is 30.7. The molecule has 3 aromatic heterocycles. The Kier molecular flexibility index (Phi) is 22.8. The number of hydrogen-bond donors (Lipinski definition) is 4. The summed E-state index contributed by atoms with van der Waals surface area (Å²) >= 11 is 0. The number of carbonyl (C=O) groups excluding carboxylic acids is 8. The third-order valence-corrected chi connectivity index (χ3v) is 18.7. The quantitative estimate of drug-likeness (QED) is 0.0241. The van der Waals surface area contributed by atoms with Gasteiger partial charge in [-0.25, -0.2) is 27.3 Å². The fourth-order valence-electron chi connectivity index (χ4n) is 12.1. The zero-order chi connectivity index (χ0) is 68.5. The predicted molar refractivity (Wildman–Crippen MR) is 342 cm³/mol. The number of amides is 6. The molecular weight excluding hydrogens is 1250 g/mol. The van der Waals surface area contributed by atoms with Gasteiger partial charge < -0.3 is 44.6 Å². The lowest BCUT2D eigenvalue weighted by atomic mass is 9.81. The van der Waals surface area contributed by atoms with E-state index in [2.05, 4.69) is 32.8 Å². The van der Waals surface area contributed by atoms with Crippen LogP contribution in [-0.4, -0.2) is 153 Å². The number of hydrogen-bond acceptors (Lipinski definition) is 19. The van der Waals surface area contributed by atoms with Crippen molar-refractivity contribution in [1.82, 2.24) is 50.3 Å². The molecule has 0 radical (unpaired) electrons. The van der Waals surface area contributed by atoms with Gasteiger partial charge in [0.1, 0.15) is 65.0 Å². The van der Waals surface area contributed by atoms with E-state index < -0.39 is 76.3 Å². The maximum atomic E-state index is 15.5. The number of Topliss-reactive ketones (excluding diaryl/α,β-unsaturated/α-hetero) is 2. The van der Waals surface area contributed by atoms with E-state index in [9.17, 15) is 56.7 Å². The molecule has 5 aromatic rings. The first-order chi connectivity index (χ1) is 45.2. The number of halogens is 1. The fourth-order valence-corrected chi connectivity index (χ4v) is 12.7. The largest absolute Gasteiger partial charge is 0.490 e. The lowest BCUT2D eigenvalue weighted by Gasteiger charge is -2.35. The van der Waals surface area contributed by atoms with Crippen LogP contribution in [0.2, 0.25) is 0 Å². The molecule has 26 nitrogen and oxygen atoms in total. The summed E-state index contributed by atoms with van der Waals surface area (Å²) in [4.78, 5) is 124. The minimum Gasteiger partial charge on any atom is -0.490 e. The van der Waals surface area contributed by atoms with Gasteiger partial charge in [-0.1, -0.05) is 63.2 Å². The van der Waals surface area contributed by atoms with E-state index in [4.69, 9.17) is 23.9 Å². The highest BCUT2D eigenvalue weighted by Gasteiger charge is 2.43. The topological polar surface area (TPSA) is 336 Å². The molecule has 6 heterocycles. The standard InChI is InChI=1S/C67H81FN10O16S/c1-8-67(88)42(6)93-36-50-51(67)30-55-63-49(34-78(55)65(50)86)62-53(18-17-47-40(4)52(68)31-54(72-63)61(47)62)71-58(82)37-92-38-75(24-27-95(7,89)90)66(87)94-35-44-15-13-43(14-16-44)28-56(80)41(5)70-64(85)48(39(2)3)29-46(79)21-25-91-26-23-76-33-45(73-74-76)32-69-57(81)12-10-9-11-22-77-59(83)19-20-60(77)84/h13-16,19-20,30-31,33,39,41,48,53,88H,6,8-12,17-18,21-29,32,34-38H2,1-5,7H3,(H,69,81)(H,70,85)(H,71,82)/t41-,48-,53-,67+/m0/s1. The third kappa shape index (κ3) is 17.0. The number of nitrogens with one attached hydrogen (secondary N) is 3. The average molecular weight is 1330 g/mol. The number of rotatable bonds is 33. The van der Waals surface area contributed by atoms with Crippen molar-refractivity contribution in [3.8, 4) is 11.4 Å². The first-order valence-electron chi connectivity index (χ1n) is 31.9. The van der Waals surface area contributed by atoms with Gasteiger partial charge in [0, 0.05) is 85.7 Å². The average Bonchev–Trinajstić information content (AvgIpc) is 1.58. The zero-order valence-corrected chi connectivity index (χ0v) is 55.1. The molecule has 0 saturated carbocycles. The SMILES string of the molecule is C=C1OCc2c(cc3n(c2=O)Cc2c-3nc3cc(F)c(C)c4c3c2[C@@H](NC(=O)COCN(CCS(C)(=O)=O)C(=O)OCc2ccc(CC(=O)[C@H](C)NC(=O)[C@@H](CC(=O)CCOCCn3cc(CNC(=O)CCCCCN5C(=O)C=CC5=O)nn3)C(C)C)cc2)CC4)[C@@]1(O)CC. The normalized spacial score (nSPS) is 16.9. The van der Waals surface area contributed by atoms with Crippen LogP contribution in [0.1, 0.15) is 135 Å². The van der Waals surface area contributed by atoms with Crippen LogP contribution in [0.25, 0.3) is 22.3 Å². The molecule has 0 bridgehead atoms. The summed E-state index contributed by atoms with van der Waals surface area (Å²) in [6.07, 6.45) is 7.32. The Morgan fingerprint density at radius 3 is 2.39 bits per heavy atom. The molecule has 508 valence electrons.